The summed E-state index contributed by atoms with van der Waals surface area (Å²) in [5, 5.41) is 3.26. The molecule has 10 heteroatoms. The number of nitrogens with zero attached hydrogens (tertiary/aromatic N) is 2. The maximum absolute atomic E-state index is 13.4. The van der Waals surface area contributed by atoms with Gasteiger partial charge in [0.15, 0.2) is 0 Å². The second-order valence-electron chi connectivity index (χ2n) is 8.19. The van der Waals surface area contributed by atoms with Crippen molar-refractivity contribution in [2.75, 3.05) is 23.7 Å². The van der Waals surface area contributed by atoms with Crippen LogP contribution in [0.1, 0.15) is 26.3 Å². The Kier molecular flexibility index (Phi) is 9.57. The van der Waals surface area contributed by atoms with Crippen LogP contribution in [0.3, 0.4) is 0 Å². The van der Waals surface area contributed by atoms with Gasteiger partial charge in [-0.1, -0.05) is 67.4 Å². The zero-order valence-corrected chi connectivity index (χ0v) is 21.4. The highest BCUT2D eigenvalue weighted by Gasteiger charge is 2.30. The normalized spacial score (nSPS) is 12.3. The van der Waals surface area contributed by atoms with Gasteiger partial charge in [0, 0.05) is 13.1 Å². The topological polar surface area (TPSA) is 86.8 Å². The number of nitrogens with one attached hydrogen (secondary N) is 1. The second-order valence-corrected chi connectivity index (χ2v) is 10.9. The number of sulfonamides is 1. The van der Waals surface area contributed by atoms with Gasteiger partial charge in [-0.05, 0) is 36.6 Å². The van der Waals surface area contributed by atoms with E-state index < -0.39 is 28.5 Å². The van der Waals surface area contributed by atoms with E-state index in [0.29, 0.717) is 6.54 Å². The van der Waals surface area contributed by atoms with Crippen molar-refractivity contribution in [3.05, 3.63) is 64.1 Å². The Morgan fingerprint density at radius 1 is 1.00 bits per heavy atom. The lowest BCUT2D eigenvalue weighted by molar-refractivity contribution is -0.139. The lowest BCUT2D eigenvalue weighted by Crippen LogP contribution is -2.51. The lowest BCUT2D eigenvalue weighted by Gasteiger charge is -2.31. The summed E-state index contributed by atoms with van der Waals surface area (Å²) in [6.07, 6.45) is 1.00. The molecule has 0 aliphatic rings. The number of hydrogen-bond donors (Lipinski definition) is 1. The predicted molar refractivity (Wildman–Crippen MR) is 133 cm³/mol. The molecule has 2 rings (SSSR count). The van der Waals surface area contributed by atoms with E-state index in [-0.39, 0.29) is 34.1 Å². The molecule has 0 radical (unpaired) electrons. The summed E-state index contributed by atoms with van der Waals surface area (Å²) in [5.74, 6) is -0.592. The van der Waals surface area contributed by atoms with Crippen LogP contribution < -0.4 is 9.62 Å². The summed E-state index contributed by atoms with van der Waals surface area (Å²) in [5.41, 5.74) is 1.02. The first-order valence-electron chi connectivity index (χ1n) is 10.4. The van der Waals surface area contributed by atoms with Gasteiger partial charge in [0.1, 0.15) is 12.6 Å². The number of rotatable bonds is 10. The maximum Gasteiger partial charge on any atom is 0.244 e. The monoisotopic (exact) mass is 513 g/mol. The molecule has 0 heterocycles. The molecule has 1 N–H and O–H groups in total. The molecule has 0 aromatic heterocycles. The van der Waals surface area contributed by atoms with Gasteiger partial charge in [0.05, 0.1) is 22.0 Å². The number of halogens is 2. The summed E-state index contributed by atoms with van der Waals surface area (Å²) in [6.45, 7) is 5.69. The first-order chi connectivity index (χ1) is 15.4. The van der Waals surface area contributed by atoms with Gasteiger partial charge in [-0.25, -0.2) is 8.42 Å². The molecule has 0 saturated heterocycles. The van der Waals surface area contributed by atoms with Crippen LogP contribution in [0.2, 0.25) is 10.0 Å². The molecule has 2 amide bonds. The van der Waals surface area contributed by atoms with Crippen LogP contribution in [0.5, 0.6) is 0 Å². The van der Waals surface area contributed by atoms with E-state index in [1.807, 2.05) is 44.2 Å². The van der Waals surface area contributed by atoms with Crippen molar-refractivity contribution < 1.29 is 18.0 Å². The Balaban J connectivity index is 2.36. The molecular weight excluding hydrogens is 485 g/mol. The SMILES string of the molecule is CC(C)CNC(=O)C(C)N(Cc1ccccc1)C(=O)CN(c1ccc(Cl)c(Cl)c1)S(C)(=O)=O. The van der Waals surface area contributed by atoms with Crippen molar-refractivity contribution in [1.82, 2.24) is 10.2 Å². The molecule has 7 nitrogen and oxygen atoms in total. The van der Waals surface area contributed by atoms with E-state index in [2.05, 4.69) is 5.32 Å². The molecule has 0 aliphatic carbocycles. The van der Waals surface area contributed by atoms with E-state index in [9.17, 15) is 18.0 Å². The van der Waals surface area contributed by atoms with Crippen LogP contribution in [0.25, 0.3) is 0 Å². The van der Waals surface area contributed by atoms with Crippen molar-refractivity contribution in [3.63, 3.8) is 0 Å². The van der Waals surface area contributed by atoms with Crippen molar-refractivity contribution >= 4 is 50.7 Å². The van der Waals surface area contributed by atoms with Gasteiger partial charge < -0.3 is 10.2 Å². The molecule has 0 aliphatic heterocycles. The molecule has 0 bridgehead atoms. The average molecular weight is 514 g/mol. The van der Waals surface area contributed by atoms with Crippen molar-refractivity contribution in [2.24, 2.45) is 5.92 Å². The van der Waals surface area contributed by atoms with E-state index in [4.69, 9.17) is 23.2 Å². The fourth-order valence-electron chi connectivity index (χ4n) is 3.07. The third-order valence-corrected chi connectivity index (χ3v) is 6.80. The minimum absolute atomic E-state index is 0.148. The number of anilines is 1. The zero-order valence-electron chi connectivity index (χ0n) is 19.1. The van der Waals surface area contributed by atoms with Gasteiger partial charge in [0.25, 0.3) is 0 Å². The van der Waals surface area contributed by atoms with Crippen LogP contribution in [-0.2, 0) is 26.2 Å². The quantitative estimate of drug-likeness (QED) is 0.520. The summed E-state index contributed by atoms with van der Waals surface area (Å²) in [4.78, 5) is 27.5. The molecule has 1 unspecified atom stereocenters. The van der Waals surface area contributed by atoms with Gasteiger partial charge in [-0.3, -0.25) is 13.9 Å². The number of carbonyl (C=O) groups excluding carboxylic acids is 2. The number of carbonyl (C=O) groups is 2. The van der Waals surface area contributed by atoms with Gasteiger partial charge in [-0.15, -0.1) is 0 Å². The molecule has 1 atom stereocenters. The average Bonchev–Trinajstić information content (AvgIpc) is 2.75. The summed E-state index contributed by atoms with van der Waals surface area (Å²) in [6, 6.07) is 12.7. The Bertz CT molecular complexity index is 1080. The standard InChI is InChI=1S/C23H29Cl2N3O4S/c1-16(2)13-26-23(30)17(3)27(14-18-8-6-5-7-9-18)22(29)15-28(33(4,31)32)19-10-11-20(24)21(25)12-19/h5-12,16-17H,13-15H2,1-4H3,(H,26,30). The van der Waals surface area contributed by atoms with E-state index in [0.717, 1.165) is 16.1 Å². The van der Waals surface area contributed by atoms with Gasteiger partial charge >= 0.3 is 0 Å². The summed E-state index contributed by atoms with van der Waals surface area (Å²) >= 11 is 12.0. The molecular formula is C23H29Cl2N3O4S. The smallest absolute Gasteiger partial charge is 0.244 e. The maximum atomic E-state index is 13.4. The van der Waals surface area contributed by atoms with E-state index in [1.165, 1.54) is 23.1 Å². The first kappa shape index (κ1) is 27.0. The predicted octanol–water partition coefficient (Wildman–Crippen LogP) is 3.95. The highest BCUT2D eigenvalue weighted by atomic mass is 35.5. The van der Waals surface area contributed by atoms with Crippen LogP contribution in [0.15, 0.2) is 48.5 Å². The molecule has 0 saturated carbocycles. The number of amides is 2. The van der Waals surface area contributed by atoms with Gasteiger partial charge in [-0.2, -0.15) is 0 Å². The molecule has 0 spiro atoms. The minimum atomic E-state index is -3.83. The van der Waals surface area contributed by atoms with Crippen molar-refractivity contribution in [2.45, 2.75) is 33.4 Å². The molecule has 0 fully saturated rings. The Morgan fingerprint density at radius 3 is 2.18 bits per heavy atom. The highest BCUT2D eigenvalue weighted by molar-refractivity contribution is 7.92. The van der Waals surface area contributed by atoms with Crippen LogP contribution in [-0.4, -0.2) is 50.5 Å². The zero-order chi connectivity index (χ0) is 24.8. The number of hydrogen-bond acceptors (Lipinski definition) is 4. The Morgan fingerprint density at radius 2 is 1.64 bits per heavy atom. The molecule has 33 heavy (non-hydrogen) atoms. The Hall–Kier alpha value is -2.29. The largest absolute Gasteiger partial charge is 0.354 e. The fourth-order valence-corrected chi connectivity index (χ4v) is 4.20. The third-order valence-electron chi connectivity index (χ3n) is 4.92. The highest BCUT2D eigenvalue weighted by Crippen LogP contribution is 2.28. The summed E-state index contributed by atoms with van der Waals surface area (Å²) in [7, 11) is -3.83. The first-order valence-corrected chi connectivity index (χ1v) is 13.0. The molecule has 2 aromatic carbocycles. The third kappa shape index (κ3) is 7.91. The van der Waals surface area contributed by atoms with Gasteiger partial charge in [0.2, 0.25) is 21.8 Å². The Labute approximate surface area is 205 Å². The molecule has 180 valence electrons. The molecule has 2 aromatic rings. The minimum Gasteiger partial charge on any atom is -0.354 e. The van der Waals surface area contributed by atoms with Crippen LogP contribution >= 0.6 is 23.2 Å². The lowest BCUT2D eigenvalue weighted by atomic mass is 10.1. The second kappa shape index (κ2) is 11.7. The fraction of sp³-hybridized carbons (Fsp3) is 0.391. The van der Waals surface area contributed by atoms with Crippen molar-refractivity contribution in [3.8, 4) is 0 Å². The van der Waals surface area contributed by atoms with Crippen LogP contribution in [0.4, 0.5) is 5.69 Å². The van der Waals surface area contributed by atoms with Crippen LogP contribution in [0, 0.1) is 5.92 Å². The number of benzene rings is 2. The summed E-state index contributed by atoms with van der Waals surface area (Å²) < 4.78 is 26.0. The van der Waals surface area contributed by atoms with E-state index >= 15 is 0 Å². The van der Waals surface area contributed by atoms with Crippen molar-refractivity contribution in [1.29, 1.82) is 0 Å². The van der Waals surface area contributed by atoms with E-state index in [1.54, 1.807) is 6.92 Å².